The maximum absolute atomic E-state index is 9.57. The largest absolute Gasteiger partial charge is 0.547 e. The molecule has 0 fully saturated rings. The molecule has 0 aliphatic carbocycles. The molecule has 0 spiro atoms. The number of aliphatic hydroxyl groups is 1. The summed E-state index contributed by atoms with van der Waals surface area (Å²) < 4.78 is 5.71. The van der Waals surface area contributed by atoms with Crippen LogP contribution in [0.4, 0.5) is 0 Å². The molecule has 2 nitrogen and oxygen atoms in total. The zero-order chi connectivity index (χ0) is 10.6. The van der Waals surface area contributed by atoms with Gasteiger partial charge in [0, 0.05) is 5.92 Å². The van der Waals surface area contributed by atoms with Crippen LogP contribution in [0.25, 0.3) is 0 Å². The molecule has 0 aromatic heterocycles. The summed E-state index contributed by atoms with van der Waals surface area (Å²) in [5, 5.41) is 9.57. The molecule has 0 heterocycles. The van der Waals surface area contributed by atoms with E-state index in [0.29, 0.717) is 0 Å². The van der Waals surface area contributed by atoms with Crippen molar-refractivity contribution in [1.82, 2.24) is 0 Å². The van der Waals surface area contributed by atoms with E-state index in [9.17, 15) is 5.11 Å². The van der Waals surface area contributed by atoms with Crippen LogP contribution in [0.15, 0.2) is 12.3 Å². The number of hydrogen-bond acceptors (Lipinski definition) is 2. The first-order valence-electron chi connectivity index (χ1n) is 4.83. The van der Waals surface area contributed by atoms with Gasteiger partial charge in [-0.15, -0.1) is 0 Å². The molecule has 0 saturated heterocycles. The minimum atomic E-state index is -1.55. The van der Waals surface area contributed by atoms with E-state index in [1.165, 1.54) is 0 Å². The molecule has 0 bridgehead atoms. The highest BCUT2D eigenvalue weighted by Gasteiger charge is 2.22. The van der Waals surface area contributed by atoms with Gasteiger partial charge in [0.2, 0.25) is 8.32 Å². The standard InChI is InChI=1S/C10H22O2Si/c1-7-10(11)8(2)9(3)12-13(4,5)6/h8,10-11H,3,7H2,1-2,4-6H3. The second kappa shape index (κ2) is 4.82. The summed E-state index contributed by atoms with van der Waals surface area (Å²) in [7, 11) is -1.55. The Kier molecular flexibility index (Phi) is 4.71. The second-order valence-corrected chi connectivity index (χ2v) is 8.87. The molecule has 3 heteroatoms. The fraction of sp³-hybridized carbons (Fsp3) is 0.800. The molecule has 0 rings (SSSR count). The van der Waals surface area contributed by atoms with E-state index < -0.39 is 8.32 Å². The van der Waals surface area contributed by atoms with Gasteiger partial charge in [-0.25, -0.2) is 0 Å². The van der Waals surface area contributed by atoms with Crippen LogP contribution in [0.3, 0.4) is 0 Å². The van der Waals surface area contributed by atoms with Crippen molar-refractivity contribution in [2.45, 2.75) is 46.0 Å². The fourth-order valence-electron chi connectivity index (χ4n) is 1.05. The Morgan fingerprint density at radius 1 is 1.46 bits per heavy atom. The summed E-state index contributed by atoms with van der Waals surface area (Å²) in [6.07, 6.45) is 0.416. The zero-order valence-electron chi connectivity index (χ0n) is 9.42. The molecular formula is C10H22O2Si. The Hall–Kier alpha value is -0.283. The van der Waals surface area contributed by atoms with Crippen LogP contribution < -0.4 is 0 Å². The highest BCUT2D eigenvalue weighted by atomic mass is 28.4. The van der Waals surface area contributed by atoms with E-state index in [2.05, 4.69) is 26.2 Å². The SMILES string of the molecule is C=C(O[Si](C)(C)C)C(C)C(O)CC. The van der Waals surface area contributed by atoms with Gasteiger partial charge in [-0.3, -0.25) is 0 Å². The second-order valence-electron chi connectivity index (χ2n) is 4.45. The predicted molar refractivity (Wildman–Crippen MR) is 59.0 cm³/mol. The van der Waals surface area contributed by atoms with Gasteiger partial charge in [0.25, 0.3) is 0 Å². The molecule has 1 N–H and O–H groups in total. The summed E-state index contributed by atoms with van der Waals surface area (Å²) in [5.41, 5.74) is 0. The smallest absolute Gasteiger partial charge is 0.241 e. The third-order valence-corrected chi connectivity index (χ3v) is 2.82. The van der Waals surface area contributed by atoms with Gasteiger partial charge in [-0.1, -0.05) is 20.4 Å². The van der Waals surface area contributed by atoms with Crippen molar-refractivity contribution in [3.8, 4) is 0 Å². The Morgan fingerprint density at radius 3 is 2.23 bits per heavy atom. The lowest BCUT2D eigenvalue weighted by atomic mass is 10.0. The van der Waals surface area contributed by atoms with Crippen LogP contribution in [-0.2, 0) is 4.43 Å². The van der Waals surface area contributed by atoms with E-state index >= 15 is 0 Å². The molecule has 78 valence electrons. The van der Waals surface area contributed by atoms with Gasteiger partial charge >= 0.3 is 0 Å². The molecule has 0 aliphatic rings. The first-order valence-corrected chi connectivity index (χ1v) is 8.24. The number of rotatable bonds is 5. The van der Waals surface area contributed by atoms with Crippen LogP contribution in [0.2, 0.25) is 19.6 Å². The summed E-state index contributed by atoms with van der Waals surface area (Å²) in [5.74, 6) is 0.769. The average molecular weight is 202 g/mol. The first-order chi connectivity index (χ1) is 5.78. The molecular weight excluding hydrogens is 180 g/mol. The van der Waals surface area contributed by atoms with Crippen molar-refractivity contribution in [3.05, 3.63) is 12.3 Å². The van der Waals surface area contributed by atoms with Crippen molar-refractivity contribution < 1.29 is 9.53 Å². The lowest BCUT2D eigenvalue weighted by molar-refractivity contribution is 0.109. The topological polar surface area (TPSA) is 29.5 Å². The van der Waals surface area contributed by atoms with Crippen molar-refractivity contribution in [3.63, 3.8) is 0 Å². The monoisotopic (exact) mass is 202 g/mol. The third kappa shape index (κ3) is 5.11. The van der Waals surface area contributed by atoms with Crippen molar-refractivity contribution >= 4 is 8.32 Å². The summed E-state index contributed by atoms with van der Waals surface area (Å²) >= 11 is 0. The van der Waals surface area contributed by atoms with E-state index in [-0.39, 0.29) is 12.0 Å². The minimum absolute atomic E-state index is 0.0386. The third-order valence-electron chi connectivity index (χ3n) is 1.94. The van der Waals surface area contributed by atoms with E-state index in [4.69, 9.17) is 4.43 Å². The molecule has 0 saturated carbocycles. The maximum atomic E-state index is 9.57. The molecule has 0 aromatic carbocycles. The molecule has 0 amide bonds. The average Bonchev–Trinajstić information content (AvgIpc) is 1.98. The normalized spacial score (nSPS) is 16.5. The maximum Gasteiger partial charge on any atom is 0.241 e. The van der Waals surface area contributed by atoms with E-state index in [1.807, 2.05) is 13.8 Å². The van der Waals surface area contributed by atoms with Crippen LogP contribution >= 0.6 is 0 Å². The summed E-state index contributed by atoms with van der Waals surface area (Å²) in [6.45, 7) is 14.1. The molecule has 0 radical (unpaired) electrons. The van der Waals surface area contributed by atoms with E-state index in [0.717, 1.165) is 12.2 Å². The molecule has 2 unspecified atom stereocenters. The first kappa shape index (κ1) is 12.7. The minimum Gasteiger partial charge on any atom is -0.547 e. The van der Waals surface area contributed by atoms with Crippen molar-refractivity contribution in [2.24, 2.45) is 5.92 Å². The number of hydrogen-bond donors (Lipinski definition) is 1. The Bertz CT molecular complexity index is 172. The predicted octanol–water partition coefficient (Wildman–Crippen LogP) is 2.76. The van der Waals surface area contributed by atoms with Gasteiger partial charge in [-0.05, 0) is 26.1 Å². The van der Waals surface area contributed by atoms with Gasteiger partial charge in [-0.2, -0.15) is 0 Å². The Balaban J connectivity index is 4.12. The summed E-state index contributed by atoms with van der Waals surface area (Å²) in [6, 6.07) is 0. The van der Waals surface area contributed by atoms with E-state index in [1.54, 1.807) is 0 Å². The lowest BCUT2D eigenvalue weighted by Gasteiger charge is -2.27. The lowest BCUT2D eigenvalue weighted by Crippen LogP contribution is -2.29. The quantitative estimate of drug-likeness (QED) is 0.549. The van der Waals surface area contributed by atoms with Gasteiger partial charge in [0.15, 0.2) is 0 Å². The molecule has 2 atom stereocenters. The van der Waals surface area contributed by atoms with Gasteiger partial charge in [0.1, 0.15) is 0 Å². The molecule has 13 heavy (non-hydrogen) atoms. The van der Waals surface area contributed by atoms with Crippen LogP contribution in [0.1, 0.15) is 20.3 Å². The molecule has 0 aliphatic heterocycles. The fourth-order valence-corrected chi connectivity index (χ4v) is 2.03. The van der Waals surface area contributed by atoms with Crippen molar-refractivity contribution in [1.29, 1.82) is 0 Å². The van der Waals surface area contributed by atoms with Gasteiger partial charge in [0.05, 0.1) is 11.9 Å². The zero-order valence-corrected chi connectivity index (χ0v) is 10.4. The van der Waals surface area contributed by atoms with Gasteiger partial charge < -0.3 is 9.53 Å². The van der Waals surface area contributed by atoms with Crippen LogP contribution in [0, 0.1) is 5.92 Å². The Labute approximate surface area is 82.7 Å². The molecule has 0 aromatic rings. The highest BCUT2D eigenvalue weighted by molar-refractivity contribution is 6.70. The van der Waals surface area contributed by atoms with Crippen LogP contribution in [-0.4, -0.2) is 19.5 Å². The van der Waals surface area contributed by atoms with Crippen LogP contribution in [0.5, 0.6) is 0 Å². The summed E-state index contributed by atoms with van der Waals surface area (Å²) in [4.78, 5) is 0. The number of aliphatic hydroxyl groups excluding tert-OH is 1. The highest BCUT2D eigenvalue weighted by Crippen LogP contribution is 2.20. The Morgan fingerprint density at radius 2 is 1.92 bits per heavy atom. The van der Waals surface area contributed by atoms with Crippen molar-refractivity contribution in [2.75, 3.05) is 0 Å².